The topological polar surface area (TPSA) is 84.9 Å². The van der Waals surface area contributed by atoms with E-state index in [9.17, 15) is 14.5 Å². The molecule has 0 bridgehead atoms. The Labute approximate surface area is 118 Å². The molecule has 6 nitrogen and oxygen atoms in total. The van der Waals surface area contributed by atoms with Gasteiger partial charge in [0.15, 0.2) is 5.75 Å². The minimum Gasteiger partial charge on any atom is -0.462 e. The van der Waals surface area contributed by atoms with Crippen LogP contribution in [-0.4, -0.2) is 29.0 Å². The van der Waals surface area contributed by atoms with Gasteiger partial charge in [0.05, 0.1) is 6.10 Å². The molecule has 0 saturated carbocycles. The Morgan fingerprint density at radius 1 is 1.30 bits per heavy atom. The second-order valence-corrected chi connectivity index (χ2v) is 6.65. The summed E-state index contributed by atoms with van der Waals surface area (Å²) >= 11 is 0. The van der Waals surface area contributed by atoms with Gasteiger partial charge >= 0.3 is 19.4 Å². The fraction of sp³-hybridized carbons (Fsp3) is 0.385. The monoisotopic (exact) mass is 300 g/mol. The van der Waals surface area contributed by atoms with Gasteiger partial charge in [-0.1, -0.05) is 18.2 Å². The van der Waals surface area contributed by atoms with Gasteiger partial charge in [0.1, 0.15) is 6.54 Å². The third-order valence-corrected chi connectivity index (χ3v) is 4.13. The second-order valence-electron chi connectivity index (χ2n) is 4.37. The molecule has 1 atom stereocenters. The van der Waals surface area contributed by atoms with E-state index in [-0.39, 0.29) is 12.6 Å². The summed E-state index contributed by atoms with van der Waals surface area (Å²) in [6, 6.07) is 8.44. The van der Waals surface area contributed by atoms with Crippen LogP contribution in [0.15, 0.2) is 30.3 Å². The Kier molecular flexibility index (Phi) is 6.07. The summed E-state index contributed by atoms with van der Waals surface area (Å²) in [4.78, 5) is 33.2. The average Bonchev–Trinajstić information content (AvgIpc) is 2.36. The van der Waals surface area contributed by atoms with E-state index in [1.807, 2.05) is 0 Å². The molecule has 0 radical (unpaired) electrons. The van der Waals surface area contributed by atoms with Crippen molar-refractivity contribution in [3.8, 4) is 5.75 Å². The summed E-state index contributed by atoms with van der Waals surface area (Å²) in [6.07, 6.45) is -0.261. The Morgan fingerprint density at radius 2 is 1.90 bits per heavy atom. The van der Waals surface area contributed by atoms with Crippen LogP contribution in [0.3, 0.4) is 0 Å². The van der Waals surface area contributed by atoms with Crippen molar-refractivity contribution in [2.75, 3.05) is 6.54 Å². The quantitative estimate of drug-likeness (QED) is 0.591. The predicted molar refractivity (Wildman–Crippen MR) is 76.1 cm³/mol. The van der Waals surface area contributed by atoms with Crippen LogP contribution >= 0.6 is 7.87 Å². The van der Waals surface area contributed by atoms with Crippen molar-refractivity contribution < 1.29 is 23.7 Å². The first-order valence-corrected chi connectivity index (χ1v) is 7.81. The van der Waals surface area contributed by atoms with Crippen LogP contribution < -0.4 is 9.61 Å². The molecule has 20 heavy (non-hydrogen) atoms. The minimum absolute atomic E-state index is 0.261. The van der Waals surface area contributed by atoms with Gasteiger partial charge in [-0.2, -0.15) is 4.89 Å². The largest absolute Gasteiger partial charge is 0.462 e. The van der Waals surface area contributed by atoms with Crippen molar-refractivity contribution >= 4 is 19.4 Å². The normalized spacial score (nSPS) is 13.7. The van der Waals surface area contributed by atoms with Crippen LogP contribution in [0.25, 0.3) is 0 Å². The molecule has 0 spiro atoms. The first kappa shape index (κ1) is 16.6. The van der Waals surface area contributed by atoms with Gasteiger partial charge in [0, 0.05) is 6.92 Å². The van der Waals surface area contributed by atoms with Crippen molar-refractivity contribution in [3.05, 3.63) is 30.3 Å². The van der Waals surface area contributed by atoms with E-state index < -0.39 is 19.4 Å². The van der Waals surface area contributed by atoms with E-state index in [0.29, 0.717) is 5.75 Å². The Balaban J connectivity index is 2.68. The zero-order valence-corrected chi connectivity index (χ0v) is 12.6. The lowest BCUT2D eigenvalue weighted by Gasteiger charge is -2.16. The molecule has 110 valence electrons. The van der Waals surface area contributed by atoms with Crippen molar-refractivity contribution in [2.24, 2.45) is 0 Å². The Hall–Kier alpha value is -1.49. The number of rotatable bonds is 7. The lowest BCUT2D eigenvalue weighted by molar-refractivity contribution is -0.145. The molecular formula is C13H19NO5P+. The average molecular weight is 300 g/mol. The maximum Gasteiger partial charge on any atom is 0.461 e. The van der Waals surface area contributed by atoms with E-state index in [0.717, 1.165) is 0 Å². The van der Waals surface area contributed by atoms with E-state index in [4.69, 9.17) is 9.26 Å². The molecule has 0 aliphatic carbocycles. The van der Waals surface area contributed by atoms with Gasteiger partial charge in [-0.25, -0.2) is 4.79 Å². The predicted octanol–water partition coefficient (Wildman–Crippen LogP) is 1.91. The molecule has 1 aromatic carbocycles. The molecule has 1 rings (SSSR count). The fourth-order valence-corrected chi connectivity index (χ4v) is 2.50. The molecule has 0 saturated heterocycles. The standard InChI is InChI=1S/C13H19NO5P/c1-10(2)18-13(16)9-14-20(17,11(3)15)19-12-7-5-4-6-8-12/h4-8,10,14,17H,9H2,1-3H3/q+1. The first-order valence-electron chi connectivity index (χ1n) is 6.15. The smallest absolute Gasteiger partial charge is 0.461 e. The molecule has 0 aromatic heterocycles. The van der Waals surface area contributed by atoms with Crippen molar-refractivity contribution in [3.63, 3.8) is 0 Å². The number of esters is 1. The lowest BCUT2D eigenvalue weighted by atomic mass is 10.3. The minimum atomic E-state index is -3.55. The molecule has 2 N–H and O–H groups in total. The van der Waals surface area contributed by atoms with E-state index in [1.54, 1.807) is 44.2 Å². The van der Waals surface area contributed by atoms with Gasteiger partial charge in [-0.15, -0.1) is 5.09 Å². The molecule has 0 heterocycles. The van der Waals surface area contributed by atoms with Crippen LogP contribution in [0.2, 0.25) is 0 Å². The van der Waals surface area contributed by atoms with Crippen LogP contribution in [0, 0.1) is 0 Å². The molecule has 0 aliphatic rings. The maximum atomic E-state index is 11.6. The third-order valence-electron chi connectivity index (χ3n) is 2.21. The Bertz CT molecular complexity index is 465. The van der Waals surface area contributed by atoms with Crippen molar-refractivity contribution in [1.82, 2.24) is 5.09 Å². The highest BCUT2D eigenvalue weighted by atomic mass is 31.2. The number of carbonyl (C=O) groups is 2. The summed E-state index contributed by atoms with van der Waals surface area (Å²) in [7, 11) is -3.55. The fourth-order valence-electron chi connectivity index (χ4n) is 1.32. The molecule has 0 fully saturated rings. The second kappa shape index (κ2) is 7.33. The third kappa shape index (κ3) is 5.25. The molecular weight excluding hydrogens is 281 g/mol. The number of benzene rings is 1. The van der Waals surface area contributed by atoms with Gasteiger partial charge in [0.2, 0.25) is 0 Å². The number of nitrogens with one attached hydrogen (secondary N) is 1. The summed E-state index contributed by atoms with van der Waals surface area (Å²) in [5.41, 5.74) is -0.557. The van der Waals surface area contributed by atoms with Crippen LogP contribution in [0.5, 0.6) is 5.75 Å². The highest BCUT2D eigenvalue weighted by Gasteiger charge is 2.47. The number of hydrogen-bond donors (Lipinski definition) is 2. The van der Waals surface area contributed by atoms with Crippen LogP contribution in [0.4, 0.5) is 0 Å². The number of hydrogen-bond acceptors (Lipinski definition) is 6. The molecule has 1 unspecified atom stereocenters. The zero-order chi connectivity index (χ0) is 15.2. The molecule has 1 aromatic rings. The van der Waals surface area contributed by atoms with Gasteiger partial charge < -0.3 is 4.74 Å². The van der Waals surface area contributed by atoms with Crippen molar-refractivity contribution in [1.29, 1.82) is 0 Å². The zero-order valence-electron chi connectivity index (χ0n) is 11.7. The molecule has 0 amide bonds. The van der Waals surface area contributed by atoms with Crippen molar-refractivity contribution in [2.45, 2.75) is 26.9 Å². The van der Waals surface area contributed by atoms with Crippen LogP contribution in [-0.2, 0) is 14.3 Å². The maximum absolute atomic E-state index is 11.6. The number of para-hydroxylation sites is 1. The highest BCUT2D eigenvalue weighted by Crippen LogP contribution is 2.51. The summed E-state index contributed by atoms with van der Waals surface area (Å²) < 4.78 is 10.2. The van der Waals surface area contributed by atoms with Gasteiger partial charge in [-0.3, -0.25) is 9.32 Å². The first-order chi connectivity index (χ1) is 9.33. The van der Waals surface area contributed by atoms with Gasteiger partial charge in [-0.05, 0) is 26.0 Å². The highest BCUT2D eigenvalue weighted by molar-refractivity contribution is 7.80. The summed E-state index contributed by atoms with van der Waals surface area (Å²) in [6.45, 7) is 4.34. The number of ether oxygens (including phenoxy) is 1. The van der Waals surface area contributed by atoms with E-state index >= 15 is 0 Å². The van der Waals surface area contributed by atoms with E-state index in [1.165, 1.54) is 6.92 Å². The Morgan fingerprint density at radius 3 is 2.40 bits per heavy atom. The molecule has 7 heteroatoms. The summed E-state index contributed by atoms with van der Waals surface area (Å²) in [5, 5.41) is 2.47. The van der Waals surface area contributed by atoms with E-state index in [2.05, 4.69) is 5.09 Å². The summed E-state index contributed by atoms with van der Waals surface area (Å²) in [5.74, 6) is -0.209. The lowest BCUT2D eigenvalue weighted by Crippen LogP contribution is -2.31. The SMILES string of the molecule is CC(=O)[P+](O)(NCC(=O)OC(C)C)Oc1ccccc1. The molecule has 0 aliphatic heterocycles. The number of carbonyl (C=O) groups excluding carboxylic acids is 2. The van der Waals surface area contributed by atoms with Gasteiger partial charge in [0.25, 0.3) is 0 Å². The van der Waals surface area contributed by atoms with Crippen LogP contribution in [0.1, 0.15) is 20.8 Å².